The number of rotatable bonds is 1. The van der Waals surface area contributed by atoms with Gasteiger partial charge in [0.2, 0.25) is 5.89 Å². The number of nitrogens with zero attached hydrogens (tertiary/aromatic N) is 2. The van der Waals surface area contributed by atoms with Crippen molar-refractivity contribution in [2.24, 2.45) is 0 Å². The average Bonchev–Trinajstić information content (AvgIpc) is 2.53. The predicted octanol–water partition coefficient (Wildman–Crippen LogP) is 1.75. The van der Waals surface area contributed by atoms with E-state index in [4.69, 9.17) is 4.42 Å². The van der Waals surface area contributed by atoms with E-state index in [1.165, 1.54) is 0 Å². The Morgan fingerprint density at radius 2 is 1.93 bits per heavy atom. The van der Waals surface area contributed by atoms with Gasteiger partial charge in [-0.15, -0.1) is 10.2 Å². The SMILES string of the molecule is Cc1nnc(-c2ccccc2O)o1.[Zn]. The van der Waals surface area contributed by atoms with Crippen LogP contribution >= 0.6 is 0 Å². The van der Waals surface area contributed by atoms with Crippen LogP contribution in [0, 0.1) is 6.92 Å². The smallest absolute Gasteiger partial charge is 0.251 e. The van der Waals surface area contributed by atoms with Crippen molar-refractivity contribution in [2.75, 3.05) is 0 Å². The van der Waals surface area contributed by atoms with E-state index in [0.29, 0.717) is 17.3 Å². The second-order valence-corrected chi connectivity index (χ2v) is 2.64. The Bertz CT molecular complexity index is 428. The molecule has 0 aliphatic rings. The summed E-state index contributed by atoms with van der Waals surface area (Å²) in [6.07, 6.45) is 0. The van der Waals surface area contributed by atoms with Crippen molar-refractivity contribution < 1.29 is 29.0 Å². The standard InChI is InChI=1S/C9H8N2O2.Zn/c1-6-10-11-9(13-6)7-4-2-3-5-8(7)12;/h2-5,12H,1H3;. The summed E-state index contributed by atoms with van der Waals surface area (Å²) in [7, 11) is 0. The van der Waals surface area contributed by atoms with Gasteiger partial charge >= 0.3 is 0 Å². The quantitative estimate of drug-likeness (QED) is 0.773. The Hall–Kier alpha value is -1.22. The van der Waals surface area contributed by atoms with Gasteiger partial charge in [-0.2, -0.15) is 0 Å². The van der Waals surface area contributed by atoms with Gasteiger partial charge in [0.1, 0.15) is 5.75 Å². The van der Waals surface area contributed by atoms with Gasteiger partial charge < -0.3 is 9.52 Å². The Morgan fingerprint density at radius 1 is 1.21 bits per heavy atom. The van der Waals surface area contributed by atoms with E-state index < -0.39 is 0 Å². The van der Waals surface area contributed by atoms with Gasteiger partial charge in [0.25, 0.3) is 5.89 Å². The minimum Gasteiger partial charge on any atom is -0.507 e. The molecule has 0 aliphatic heterocycles. The summed E-state index contributed by atoms with van der Waals surface area (Å²) >= 11 is 0. The molecule has 0 atom stereocenters. The normalized spacial score (nSPS) is 9.50. The number of phenols is 1. The van der Waals surface area contributed by atoms with Crippen molar-refractivity contribution >= 4 is 0 Å². The average molecular weight is 242 g/mol. The van der Waals surface area contributed by atoms with Crippen LogP contribution in [0.4, 0.5) is 0 Å². The molecule has 0 saturated heterocycles. The third-order valence-corrected chi connectivity index (χ3v) is 1.66. The van der Waals surface area contributed by atoms with Crippen LogP contribution in [0.15, 0.2) is 28.7 Å². The number of para-hydroxylation sites is 1. The monoisotopic (exact) mass is 240 g/mol. The molecule has 5 heteroatoms. The molecule has 0 aliphatic carbocycles. The molecular weight excluding hydrogens is 234 g/mol. The fourth-order valence-electron chi connectivity index (χ4n) is 1.06. The van der Waals surface area contributed by atoms with Gasteiger partial charge in [-0.1, -0.05) is 12.1 Å². The minimum atomic E-state index is 0. The van der Waals surface area contributed by atoms with Crippen molar-refractivity contribution in [3.8, 4) is 17.2 Å². The second kappa shape index (κ2) is 4.33. The number of aromatic hydroxyl groups is 1. The molecule has 0 radical (unpaired) electrons. The summed E-state index contributed by atoms with van der Waals surface area (Å²) < 4.78 is 5.17. The maximum Gasteiger partial charge on any atom is 0.251 e. The molecule has 1 aromatic heterocycles. The molecule has 1 aromatic carbocycles. The van der Waals surface area contributed by atoms with Crippen molar-refractivity contribution in [3.63, 3.8) is 0 Å². The van der Waals surface area contributed by atoms with E-state index in [0.717, 1.165) is 0 Å². The van der Waals surface area contributed by atoms with E-state index >= 15 is 0 Å². The van der Waals surface area contributed by atoms with Crippen molar-refractivity contribution in [2.45, 2.75) is 6.92 Å². The topological polar surface area (TPSA) is 59.2 Å². The van der Waals surface area contributed by atoms with Gasteiger partial charge in [-0.05, 0) is 12.1 Å². The number of aryl methyl sites for hydroxylation is 1. The zero-order valence-corrected chi connectivity index (χ0v) is 10.7. The first-order chi connectivity index (χ1) is 6.27. The van der Waals surface area contributed by atoms with Gasteiger partial charge in [0.05, 0.1) is 5.56 Å². The molecule has 1 heterocycles. The number of aromatic nitrogens is 2. The maximum atomic E-state index is 9.45. The molecule has 68 valence electrons. The van der Waals surface area contributed by atoms with Gasteiger partial charge in [-0.3, -0.25) is 0 Å². The van der Waals surface area contributed by atoms with Crippen LogP contribution in [-0.2, 0) is 19.5 Å². The molecule has 2 rings (SSSR count). The fourth-order valence-corrected chi connectivity index (χ4v) is 1.06. The van der Waals surface area contributed by atoms with E-state index in [9.17, 15) is 5.11 Å². The molecule has 0 fully saturated rings. The number of phenolic OH excluding ortho intramolecular Hbond substituents is 1. The Labute approximate surface area is 93.7 Å². The van der Waals surface area contributed by atoms with Crippen LogP contribution < -0.4 is 0 Å². The molecule has 2 aromatic rings. The predicted molar refractivity (Wildman–Crippen MR) is 46.1 cm³/mol. The minimum absolute atomic E-state index is 0. The molecule has 14 heavy (non-hydrogen) atoms. The zero-order chi connectivity index (χ0) is 9.26. The van der Waals surface area contributed by atoms with Gasteiger partial charge in [0, 0.05) is 26.4 Å². The Balaban J connectivity index is 0.000000980. The summed E-state index contributed by atoms with van der Waals surface area (Å²) in [4.78, 5) is 0. The molecule has 0 spiro atoms. The van der Waals surface area contributed by atoms with Crippen molar-refractivity contribution in [3.05, 3.63) is 30.2 Å². The molecule has 4 nitrogen and oxygen atoms in total. The molecular formula is C9H8N2O2Zn. The molecule has 0 unspecified atom stereocenters. The summed E-state index contributed by atoms with van der Waals surface area (Å²) in [5, 5.41) is 16.9. The van der Waals surface area contributed by atoms with E-state index in [1.54, 1.807) is 31.2 Å². The Kier molecular flexibility index (Phi) is 3.36. The summed E-state index contributed by atoms with van der Waals surface area (Å²) in [5.74, 6) is 0.972. The number of hydrogen-bond acceptors (Lipinski definition) is 4. The molecule has 0 saturated carbocycles. The van der Waals surface area contributed by atoms with Gasteiger partial charge in [-0.25, -0.2) is 0 Å². The Morgan fingerprint density at radius 3 is 2.50 bits per heavy atom. The van der Waals surface area contributed by atoms with Crippen molar-refractivity contribution in [1.29, 1.82) is 0 Å². The molecule has 0 bridgehead atoms. The first kappa shape index (κ1) is 10.9. The van der Waals surface area contributed by atoms with E-state index in [1.807, 2.05) is 0 Å². The largest absolute Gasteiger partial charge is 0.507 e. The first-order valence-electron chi connectivity index (χ1n) is 3.86. The summed E-state index contributed by atoms with van der Waals surface area (Å²) in [5.41, 5.74) is 0.558. The third kappa shape index (κ3) is 1.99. The van der Waals surface area contributed by atoms with Crippen LogP contribution in [0.2, 0.25) is 0 Å². The fraction of sp³-hybridized carbons (Fsp3) is 0.111. The van der Waals surface area contributed by atoms with Crippen LogP contribution in [0.1, 0.15) is 5.89 Å². The summed E-state index contributed by atoms with van der Waals surface area (Å²) in [6.45, 7) is 1.70. The summed E-state index contributed by atoms with van der Waals surface area (Å²) in [6, 6.07) is 6.84. The number of benzene rings is 1. The van der Waals surface area contributed by atoms with Crippen LogP contribution in [-0.4, -0.2) is 15.3 Å². The second-order valence-electron chi connectivity index (χ2n) is 2.64. The van der Waals surface area contributed by atoms with E-state index in [2.05, 4.69) is 10.2 Å². The van der Waals surface area contributed by atoms with E-state index in [-0.39, 0.29) is 25.2 Å². The number of hydrogen-bond donors (Lipinski definition) is 1. The molecule has 1 N–H and O–H groups in total. The maximum absolute atomic E-state index is 9.45. The van der Waals surface area contributed by atoms with Crippen LogP contribution in [0.5, 0.6) is 5.75 Å². The molecule has 0 amide bonds. The van der Waals surface area contributed by atoms with Crippen LogP contribution in [0.25, 0.3) is 11.5 Å². The van der Waals surface area contributed by atoms with Gasteiger partial charge in [0.15, 0.2) is 0 Å². The zero-order valence-electron chi connectivity index (χ0n) is 7.77. The first-order valence-corrected chi connectivity index (χ1v) is 3.86. The van der Waals surface area contributed by atoms with Crippen molar-refractivity contribution in [1.82, 2.24) is 10.2 Å². The van der Waals surface area contributed by atoms with Crippen LogP contribution in [0.3, 0.4) is 0 Å². The third-order valence-electron chi connectivity index (χ3n) is 1.66.